The summed E-state index contributed by atoms with van der Waals surface area (Å²) in [5.74, 6) is 0. The van der Waals surface area contributed by atoms with Gasteiger partial charge in [0.05, 0.1) is 4.90 Å². The molecule has 0 saturated carbocycles. The van der Waals surface area contributed by atoms with E-state index in [0.29, 0.717) is 5.39 Å². The van der Waals surface area contributed by atoms with Gasteiger partial charge in [-0.05, 0) is 59.7 Å². The number of aryl methyl sites for hydroxylation is 2. The molecule has 228 valence electrons. The van der Waals surface area contributed by atoms with Crippen LogP contribution in [0.2, 0.25) is 0 Å². The minimum absolute atomic E-state index is 0. The molecule has 0 heterocycles. The summed E-state index contributed by atoms with van der Waals surface area (Å²) in [7, 11) is -4.50. The SMILES string of the molecule is CCCCCCCCCCCCCc1cc(CCCCCCCCCCCCC)c2cccc(S(=O)(=O)[O-])c2c1.[K+]. The van der Waals surface area contributed by atoms with Crippen LogP contribution in [0, 0.1) is 0 Å². The van der Waals surface area contributed by atoms with E-state index in [1.165, 1.54) is 146 Å². The molecular formula is C36H59KO3S. The minimum atomic E-state index is -4.50. The van der Waals surface area contributed by atoms with Crippen molar-refractivity contribution in [2.24, 2.45) is 0 Å². The fourth-order valence-corrected chi connectivity index (χ4v) is 6.73. The van der Waals surface area contributed by atoms with Crippen molar-refractivity contribution in [3.63, 3.8) is 0 Å². The molecule has 0 fully saturated rings. The maximum Gasteiger partial charge on any atom is 1.00 e. The zero-order valence-corrected chi connectivity index (χ0v) is 30.9. The molecule has 2 aromatic carbocycles. The average molecular weight is 611 g/mol. The molecule has 0 amide bonds. The second-order valence-electron chi connectivity index (χ2n) is 12.1. The van der Waals surface area contributed by atoms with Crippen LogP contribution >= 0.6 is 0 Å². The molecule has 0 aliphatic rings. The van der Waals surface area contributed by atoms with E-state index in [9.17, 15) is 13.0 Å². The van der Waals surface area contributed by atoms with Gasteiger partial charge in [-0.15, -0.1) is 0 Å². The third-order valence-corrected chi connectivity index (χ3v) is 9.38. The number of hydrogen-bond acceptors (Lipinski definition) is 3. The summed E-state index contributed by atoms with van der Waals surface area (Å²) in [6.45, 7) is 4.53. The van der Waals surface area contributed by atoms with Gasteiger partial charge in [0.25, 0.3) is 0 Å². The van der Waals surface area contributed by atoms with Crippen LogP contribution in [0.15, 0.2) is 35.2 Å². The van der Waals surface area contributed by atoms with Crippen molar-refractivity contribution in [3.8, 4) is 0 Å². The molecule has 0 bridgehead atoms. The molecule has 0 unspecified atom stereocenters. The topological polar surface area (TPSA) is 57.2 Å². The van der Waals surface area contributed by atoms with Gasteiger partial charge in [0.15, 0.2) is 0 Å². The Morgan fingerprint density at radius 1 is 0.537 bits per heavy atom. The van der Waals surface area contributed by atoms with Crippen molar-refractivity contribution in [1.82, 2.24) is 0 Å². The number of rotatable bonds is 25. The van der Waals surface area contributed by atoms with Gasteiger partial charge in [0.2, 0.25) is 0 Å². The first-order chi connectivity index (χ1) is 19.5. The van der Waals surface area contributed by atoms with E-state index in [1.54, 1.807) is 6.07 Å². The van der Waals surface area contributed by atoms with E-state index in [0.717, 1.165) is 31.1 Å². The van der Waals surface area contributed by atoms with Crippen molar-refractivity contribution in [2.75, 3.05) is 0 Å². The second kappa shape index (κ2) is 24.6. The Kier molecular flexibility index (Phi) is 23.5. The molecule has 0 aromatic heterocycles. The molecular weight excluding hydrogens is 552 g/mol. The molecule has 2 aromatic rings. The second-order valence-corrected chi connectivity index (χ2v) is 13.5. The fraction of sp³-hybridized carbons (Fsp3) is 0.722. The molecule has 41 heavy (non-hydrogen) atoms. The van der Waals surface area contributed by atoms with Crippen molar-refractivity contribution in [2.45, 2.75) is 173 Å². The van der Waals surface area contributed by atoms with Gasteiger partial charge in [-0.1, -0.05) is 160 Å². The van der Waals surface area contributed by atoms with Gasteiger partial charge < -0.3 is 4.55 Å². The van der Waals surface area contributed by atoms with Crippen LogP contribution in [0.25, 0.3) is 10.8 Å². The monoisotopic (exact) mass is 610 g/mol. The van der Waals surface area contributed by atoms with Crippen LogP contribution in [-0.2, 0) is 23.0 Å². The summed E-state index contributed by atoms with van der Waals surface area (Å²) in [6.07, 6.45) is 30.8. The van der Waals surface area contributed by atoms with E-state index in [2.05, 4.69) is 19.9 Å². The predicted octanol–water partition coefficient (Wildman–Crippen LogP) is 8.45. The molecule has 0 N–H and O–H groups in total. The first-order valence-corrected chi connectivity index (χ1v) is 18.4. The molecule has 0 atom stereocenters. The average Bonchev–Trinajstić information content (AvgIpc) is 2.93. The van der Waals surface area contributed by atoms with Crippen molar-refractivity contribution in [3.05, 3.63) is 41.5 Å². The summed E-state index contributed by atoms with van der Waals surface area (Å²) in [4.78, 5) is -0.0639. The van der Waals surface area contributed by atoms with Crippen LogP contribution in [0.1, 0.15) is 166 Å². The molecule has 0 spiro atoms. The first-order valence-electron chi connectivity index (χ1n) is 17.0. The standard InChI is InChI=1S/C36H60O3S.K/c1-3-5-7-9-11-13-15-17-19-21-23-26-32-30-33(27-24-22-20-18-16-14-12-10-8-6-4-2)34-28-25-29-36(35(34)31-32)40(37,38)39;/h25,28-31H,3-24,26-27H2,1-2H3,(H,37,38,39);/q;+1/p-1. The maximum atomic E-state index is 12.0. The molecule has 0 aliphatic carbocycles. The fourth-order valence-electron chi connectivity index (χ4n) is 6.04. The van der Waals surface area contributed by atoms with Gasteiger partial charge >= 0.3 is 51.4 Å². The van der Waals surface area contributed by atoms with Crippen LogP contribution in [0.4, 0.5) is 0 Å². The number of benzene rings is 2. The van der Waals surface area contributed by atoms with Gasteiger partial charge in [-0.25, -0.2) is 8.42 Å². The van der Waals surface area contributed by atoms with Crippen LogP contribution < -0.4 is 51.4 Å². The Hall–Kier alpha value is 0.246. The van der Waals surface area contributed by atoms with Gasteiger partial charge in [0.1, 0.15) is 10.1 Å². The Bertz CT molecular complexity index is 1030. The molecule has 0 aliphatic heterocycles. The van der Waals surface area contributed by atoms with Crippen molar-refractivity contribution < 1.29 is 64.4 Å². The third-order valence-electron chi connectivity index (χ3n) is 8.49. The molecule has 2 rings (SSSR count). The van der Waals surface area contributed by atoms with Gasteiger partial charge in [-0.3, -0.25) is 0 Å². The largest absolute Gasteiger partial charge is 1.00 e. The van der Waals surface area contributed by atoms with Gasteiger partial charge in [-0.2, -0.15) is 0 Å². The molecule has 0 radical (unpaired) electrons. The van der Waals surface area contributed by atoms with Crippen LogP contribution in [0.3, 0.4) is 0 Å². The summed E-state index contributed by atoms with van der Waals surface area (Å²) in [6, 6.07) is 9.45. The Labute approximate surface area is 296 Å². The Morgan fingerprint density at radius 2 is 0.951 bits per heavy atom. The van der Waals surface area contributed by atoms with Gasteiger partial charge in [0, 0.05) is 0 Å². The summed E-state index contributed by atoms with van der Waals surface area (Å²) >= 11 is 0. The molecule has 0 saturated heterocycles. The summed E-state index contributed by atoms with van der Waals surface area (Å²) in [5.41, 5.74) is 2.38. The zero-order chi connectivity index (χ0) is 28.9. The number of unbranched alkanes of at least 4 members (excludes halogenated alkanes) is 20. The van der Waals surface area contributed by atoms with E-state index in [4.69, 9.17) is 0 Å². The van der Waals surface area contributed by atoms with Crippen molar-refractivity contribution in [1.29, 1.82) is 0 Å². The number of fused-ring (bicyclic) bond motifs is 1. The zero-order valence-electron chi connectivity index (χ0n) is 27.0. The minimum Gasteiger partial charge on any atom is -0.744 e. The maximum absolute atomic E-state index is 12.0. The Balaban J connectivity index is 0.00000840. The van der Waals surface area contributed by atoms with E-state index < -0.39 is 10.1 Å². The molecule has 5 heteroatoms. The first kappa shape index (κ1) is 39.3. The summed E-state index contributed by atoms with van der Waals surface area (Å²) < 4.78 is 36.1. The normalized spacial score (nSPS) is 11.7. The van der Waals surface area contributed by atoms with Crippen molar-refractivity contribution >= 4 is 20.9 Å². The van der Waals surface area contributed by atoms with E-state index in [1.807, 2.05) is 12.1 Å². The smallest absolute Gasteiger partial charge is 0.744 e. The number of hydrogen-bond donors (Lipinski definition) is 0. The van der Waals surface area contributed by atoms with E-state index in [-0.39, 0.29) is 56.3 Å². The molecule has 3 nitrogen and oxygen atoms in total. The van der Waals surface area contributed by atoms with Crippen LogP contribution in [-0.4, -0.2) is 13.0 Å². The Morgan fingerprint density at radius 3 is 1.39 bits per heavy atom. The van der Waals surface area contributed by atoms with E-state index >= 15 is 0 Å². The predicted molar refractivity (Wildman–Crippen MR) is 172 cm³/mol. The summed E-state index contributed by atoms with van der Waals surface area (Å²) in [5, 5.41) is 1.56. The third kappa shape index (κ3) is 17.4. The quantitative estimate of drug-likeness (QED) is 0.0644. The van der Waals surface area contributed by atoms with Crippen LogP contribution in [0.5, 0.6) is 0 Å².